The van der Waals surface area contributed by atoms with E-state index in [1.165, 1.54) is 4.57 Å². The van der Waals surface area contributed by atoms with E-state index in [9.17, 15) is 9.90 Å². The third-order valence-corrected chi connectivity index (χ3v) is 4.72. The molecule has 0 aliphatic rings. The molecule has 0 atom stereocenters. The van der Waals surface area contributed by atoms with Crippen molar-refractivity contribution in [3.63, 3.8) is 0 Å². The fraction of sp³-hybridized carbons (Fsp3) is 0.0952. The first-order valence-electron chi connectivity index (χ1n) is 8.78. The predicted octanol–water partition coefficient (Wildman–Crippen LogP) is 4.32. The van der Waals surface area contributed by atoms with Gasteiger partial charge in [-0.15, -0.1) is 0 Å². The van der Waals surface area contributed by atoms with Crippen molar-refractivity contribution in [1.29, 1.82) is 0 Å². The van der Waals surface area contributed by atoms with Crippen molar-refractivity contribution in [3.05, 3.63) is 81.7 Å². The van der Waals surface area contributed by atoms with Crippen LogP contribution in [0.4, 0.5) is 5.82 Å². The van der Waals surface area contributed by atoms with Crippen LogP contribution < -0.4 is 5.56 Å². The smallest absolute Gasteiger partial charge is 0.265 e. The van der Waals surface area contributed by atoms with Gasteiger partial charge < -0.3 is 5.11 Å². The van der Waals surface area contributed by atoms with Gasteiger partial charge >= 0.3 is 0 Å². The molecule has 0 bridgehead atoms. The molecule has 0 fully saturated rings. The zero-order valence-corrected chi connectivity index (χ0v) is 15.8. The van der Waals surface area contributed by atoms with E-state index < -0.39 is 0 Å². The maximum Gasteiger partial charge on any atom is 0.265 e. The van der Waals surface area contributed by atoms with Gasteiger partial charge in [-0.05, 0) is 31.2 Å². The molecule has 28 heavy (non-hydrogen) atoms. The molecule has 0 saturated carbocycles. The van der Waals surface area contributed by atoms with Crippen molar-refractivity contribution >= 4 is 34.4 Å². The van der Waals surface area contributed by atoms with Gasteiger partial charge in [0.15, 0.2) is 0 Å². The first kappa shape index (κ1) is 18.0. The van der Waals surface area contributed by atoms with E-state index in [1.807, 2.05) is 13.0 Å². The number of aliphatic imine (C=N–C) groups is 1. The summed E-state index contributed by atoms with van der Waals surface area (Å²) in [6.07, 6.45) is 3.22. The van der Waals surface area contributed by atoms with Gasteiger partial charge in [-0.2, -0.15) is 5.10 Å². The monoisotopic (exact) mass is 392 g/mol. The van der Waals surface area contributed by atoms with Crippen molar-refractivity contribution in [2.75, 3.05) is 0 Å². The number of benzene rings is 2. The number of aryl methyl sites for hydroxylation is 1. The maximum atomic E-state index is 13.0. The number of pyridine rings is 1. The van der Waals surface area contributed by atoms with Crippen LogP contribution in [0.5, 0.6) is 5.88 Å². The van der Waals surface area contributed by atoms with E-state index in [2.05, 4.69) is 10.1 Å². The van der Waals surface area contributed by atoms with Crippen LogP contribution in [0.3, 0.4) is 0 Å². The third kappa shape index (κ3) is 3.08. The summed E-state index contributed by atoms with van der Waals surface area (Å²) >= 11 is 6.09. The number of rotatable bonds is 4. The standard InChI is InChI=1S/C21H17ClN4O2/c1-2-25-19(10-11-24-25)23-13-18-16-8-3-4-9-17(16)20(27)26(21(18)28)15-7-5-6-14(22)12-15/h3-13,28H,2H2,1H3/b23-13+. The molecule has 0 saturated heterocycles. The SMILES string of the molecule is CCn1nccc1/N=C/c1c(O)n(-c2cccc(Cl)c2)c(=O)c2ccccc12. The third-order valence-electron chi connectivity index (χ3n) is 4.49. The van der Waals surface area contributed by atoms with Crippen molar-refractivity contribution < 1.29 is 5.11 Å². The zero-order valence-electron chi connectivity index (χ0n) is 15.1. The van der Waals surface area contributed by atoms with Crippen LogP contribution in [-0.2, 0) is 6.54 Å². The molecule has 2 heterocycles. The molecule has 4 aromatic rings. The van der Waals surface area contributed by atoms with Crippen LogP contribution in [0.2, 0.25) is 5.02 Å². The van der Waals surface area contributed by atoms with Gasteiger partial charge in [0.2, 0.25) is 5.88 Å². The summed E-state index contributed by atoms with van der Waals surface area (Å²) in [4.78, 5) is 17.5. The topological polar surface area (TPSA) is 72.4 Å². The molecule has 0 unspecified atom stereocenters. The Morgan fingerprint density at radius 2 is 1.93 bits per heavy atom. The lowest BCUT2D eigenvalue weighted by molar-refractivity contribution is 0.436. The van der Waals surface area contributed by atoms with Crippen LogP contribution in [0.25, 0.3) is 16.5 Å². The molecular formula is C21H17ClN4O2. The minimum absolute atomic E-state index is 0.197. The number of fused-ring (bicyclic) bond motifs is 1. The van der Waals surface area contributed by atoms with Gasteiger partial charge in [0, 0.05) is 34.6 Å². The van der Waals surface area contributed by atoms with Gasteiger partial charge in [-0.3, -0.25) is 4.79 Å². The van der Waals surface area contributed by atoms with Crippen LogP contribution in [0, 0.1) is 0 Å². The normalized spacial score (nSPS) is 11.5. The van der Waals surface area contributed by atoms with Crippen molar-refractivity contribution in [2.45, 2.75) is 13.5 Å². The molecule has 2 aromatic heterocycles. The summed E-state index contributed by atoms with van der Waals surface area (Å²) in [7, 11) is 0. The minimum Gasteiger partial charge on any atom is -0.494 e. The number of hydrogen-bond donors (Lipinski definition) is 1. The number of aromatic hydroxyl groups is 1. The molecular weight excluding hydrogens is 376 g/mol. The molecule has 0 spiro atoms. The quantitative estimate of drug-likeness (QED) is 0.526. The van der Waals surface area contributed by atoms with Gasteiger partial charge in [-0.25, -0.2) is 14.2 Å². The second-order valence-electron chi connectivity index (χ2n) is 6.17. The van der Waals surface area contributed by atoms with E-state index in [4.69, 9.17) is 11.6 Å². The van der Waals surface area contributed by atoms with Gasteiger partial charge in [-0.1, -0.05) is 35.9 Å². The van der Waals surface area contributed by atoms with E-state index in [1.54, 1.807) is 65.6 Å². The molecule has 7 heteroatoms. The van der Waals surface area contributed by atoms with Crippen LogP contribution in [0.15, 0.2) is 70.6 Å². The van der Waals surface area contributed by atoms with Gasteiger partial charge in [0.05, 0.1) is 17.4 Å². The fourth-order valence-corrected chi connectivity index (χ4v) is 3.34. The van der Waals surface area contributed by atoms with Gasteiger partial charge in [0.25, 0.3) is 5.56 Å². The Labute approximate surface area is 166 Å². The minimum atomic E-state index is -0.328. The summed E-state index contributed by atoms with van der Waals surface area (Å²) in [5.74, 6) is 0.462. The van der Waals surface area contributed by atoms with Crippen LogP contribution in [-0.4, -0.2) is 25.7 Å². The summed E-state index contributed by atoms with van der Waals surface area (Å²) in [6, 6.07) is 15.7. The molecule has 0 aliphatic heterocycles. The second kappa shape index (κ2) is 7.32. The number of hydrogen-bond acceptors (Lipinski definition) is 4. The highest BCUT2D eigenvalue weighted by Crippen LogP contribution is 2.27. The summed E-state index contributed by atoms with van der Waals surface area (Å²) < 4.78 is 2.98. The number of aromatic nitrogens is 3. The Hall–Kier alpha value is -3.38. The largest absolute Gasteiger partial charge is 0.494 e. The Bertz CT molecular complexity index is 1260. The highest BCUT2D eigenvalue weighted by molar-refractivity contribution is 6.30. The van der Waals surface area contributed by atoms with Crippen molar-refractivity contribution in [3.8, 4) is 11.6 Å². The Morgan fingerprint density at radius 1 is 1.14 bits per heavy atom. The van der Waals surface area contributed by atoms with Crippen LogP contribution in [0.1, 0.15) is 12.5 Å². The predicted molar refractivity (Wildman–Crippen MR) is 111 cm³/mol. The first-order chi connectivity index (χ1) is 13.6. The second-order valence-corrected chi connectivity index (χ2v) is 6.60. The van der Waals surface area contributed by atoms with Gasteiger partial charge in [0.1, 0.15) is 5.82 Å². The lowest BCUT2D eigenvalue weighted by atomic mass is 10.1. The Morgan fingerprint density at radius 3 is 2.68 bits per heavy atom. The van der Waals surface area contributed by atoms with E-state index in [-0.39, 0.29) is 11.4 Å². The molecule has 0 aliphatic carbocycles. The highest BCUT2D eigenvalue weighted by atomic mass is 35.5. The highest BCUT2D eigenvalue weighted by Gasteiger charge is 2.16. The maximum absolute atomic E-state index is 13.0. The molecule has 1 N–H and O–H groups in total. The molecule has 2 aromatic carbocycles. The van der Waals surface area contributed by atoms with E-state index in [0.29, 0.717) is 39.4 Å². The van der Waals surface area contributed by atoms with Crippen molar-refractivity contribution in [1.82, 2.24) is 14.3 Å². The molecule has 0 amide bonds. The first-order valence-corrected chi connectivity index (χ1v) is 9.16. The molecule has 0 radical (unpaired) electrons. The average molecular weight is 393 g/mol. The van der Waals surface area contributed by atoms with E-state index in [0.717, 1.165) is 0 Å². The summed E-state index contributed by atoms with van der Waals surface area (Å²) in [5.41, 5.74) is 0.596. The molecule has 6 nitrogen and oxygen atoms in total. The lowest BCUT2D eigenvalue weighted by Gasteiger charge is -2.14. The van der Waals surface area contributed by atoms with Crippen LogP contribution >= 0.6 is 11.6 Å². The molecule has 140 valence electrons. The average Bonchev–Trinajstić information content (AvgIpc) is 3.16. The summed E-state index contributed by atoms with van der Waals surface area (Å²) in [6.45, 7) is 2.65. The number of halogens is 1. The lowest BCUT2D eigenvalue weighted by Crippen LogP contribution is -2.20. The Kier molecular flexibility index (Phi) is 4.71. The summed E-state index contributed by atoms with van der Waals surface area (Å²) in [5, 5.41) is 16.7. The molecule has 4 rings (SSSR count). The van der Waals surface area contributed by atoms with Crippen molar-refractivity contribution in [2.24, 2.45) is 4.99 Å². The zero-order chi connectivity index (χ0) is 19.7. The van der Waals surface area contributed by atoms with E-state index >= 15 is 0 Å². The fourth-order valence-electron chi connectivity index (χ4n) is 3.15. The Balaban J connectivity index is 1.99. The number of nitrogens with zero attached hydrogens (tertiary/aromatic N) is 4.